The normalized spacial score (nSPS) is 28.8. The predicted molar refractivity (Wildman–Crippen MR) is 69.6 cm³/mol. The average Bonchev–Trinajstić information content (AvgIpc) is 3.00. The van der Waals surface area contributed by atoms with Crippen LogP contribution < -0.4 is 4.83 Å². The predicted octanol–water partition coefficient (Wildman–Crippen LogP) is 2.14. The van der Waals surface area contributed by atoms with Gasteiger partial charge >= 0.3 is 0 Å². The van der Waals surface area contributed by atoms with E-state index in [4.69, 9.17) is 0 Å². The fourth-order valence-electron chi connectivity index (χ4n) is 2.93. The summed E-state index contributed by atoms with van der Waals surface area (Å²) >= 11 is 0. The third-order valence-electron chi connectivity index (χ3n) is 3.87. The second-order valence-corrected chi connectivity index (χ2v) is 6.75. The summed E-state index contributed by atoms with van der Waals surface area (Å²) in [6.45, 7) is 0. The number of hydrazone groups is 1. The maximum atomic E-state index is 12.0. The molecule has 2 saturated carbocycles. The Morgan fingerprint density at radius 3 is 2.56 bits per heavy atom. The van der Waals surface area contributed by atoms with Crippen LogP contribution in [0.15, 0.2) is 40.3 Å². The lowest BCUT2D eigenvalue weighted by atomic mass is 9.99. The molecule has 0 heterocycles. The van der Waals surface area contributed by atoms with Crippen LogP contribution in [-0.4, -0.2) is 14.1 Å². The zero-order valence-corrected chi connectivity index (χ0v) is 10.9. The molecule has 0 aromatic heterocycles. The SMILES string of the molecule is O=S(=O)(NN=C1CC2CCC1C2)c1ccccc1. The largest absolute Gasteiger partial charge is 0.276 e. The number of nitrogens with one attached hydrogen (secondary N) is 1. The highest BCUT2D eigenvalue weighted by atomic mass is 32.2. The minimum Gasteiger partial charge on any atom is -0.200 e. The molecule has 4 nitrogen and oxygen atoms in total. The van der Waals surface area contributed by atoms with Crippen molar-refractivity contribution in [1.29, 1.82) is 0 Å². The third-order valence-corrected chi connectivity index (χ3v) is 5.10. The molecule has 0 radical (unpaired) electrons. The van der Waals surface area contributed by atoms with Crippen LogP contribution in [0.2, 0.25) is 0 Å². The van der Waals surface area contributed by atoms with Crippen LogP contribution >= 0.6 is 0 Å². The van der Waals surface area contributed by atoms with Gasteiger partial charge in [0.2, 0.25) is 0 Å². The molecule has 2 aliphatic carbocycles. The number of fused-ring (bicyclic) bond motifs is 2. The van der Waals surface area contributed by atoms with Crippen molar-refractivity contribution >= 4 is 15.7 Å². The van der Waals surface area contributed by atoms with Gasteiger partial charge in [-0.05, 0) is 49.7 Å². The van der Waals surface area contributed by atoms with Crippen LogP contribution in [0.1, 0.15) is 25.7 Å². The molecule has 2 fully saturated rings. The third kappa shape index (κ3) is 2.14. The highest BCUT2D eigenvalue weighted by molar-refractivity contribution is 7.89. The van der Waals surface area contributed by atoms with Crippen LogP contribution in [0.4, 0.5) is 0 Å². The molecule has 2 unspecified atom stereocenters. The van der Waals surface area contributed by atoms with E-state index < -0.39 is 10.0 Å². The van der Waals surface area contributed by atoms with E-state index in [1.807, 2.05) is 0 Å². The van der Waals surface area contributed by atoms with Crippen molar-refractivity contribution in [3.05, 3.63) is 30.3 Å². The van der Waals surface area contributed by atoms with Crippen LogP contribution in [0.5, 0.6) is 0 Å². The highest BCUT2D eigenvalue weighted by Crippen LogP contribution is 2.42. The molecule has 0 aliphatic heterocycles. The van der Waals surface area contributed by atoms with Gasteiger partial charge in [0.25, 0.3) is 10.0 Å². The Labute approximate surface area is 107 Å². The molecule has 2 aliphatic rings. The van der Waals surface area contributed by atoms with Crippen molar-refractivity contribution in [3.63, 3.8) is 0 Å². The van der Waals surface area contributed by atoms with E-state index in [0.29, 0.717) is 5.92 Å². The van der Waals surface area contributed by atoms with Crippen LogP contribution in [0.3, 0.4) is 0 Å². The standard InChI is InChI=1S/C13H16N2O2S/c16-18(17,12-4-2-1-3-5-12)15-14-13-9-10-6-7-11(13)8-10/h1-5,10-11,15H,6-9H2. The van der Waals surface area contributed by atoms with E-state index in [2.05, 4.69) is 9.93 Å². The number of hydrogen-bond donors (Lipinski definition) is 1. The van der Waals surface area contributed by atoms with Crippen LogP contribution in [0.25, 0.3) is 0 Å². The van der Waals surface area contributed by atoms with Crippen molar-refractivity contribution in [2.75, 3.05) is 0 Å². The molecule has 0 amide bonds. The van der Waals surface area contributed by atoms with Gasteiger partial charge in [-0.3, -0.25) is 0 Å². The van der Waals surface area contributed by atoms with Gasteiger partial charge in [-0.15, -0.1) is 0 Å². The molecule has 2 bridgehead atoms. The molecule has 1 N–H and O–H groups in total. The zero-order valence-electron chi connectivity index (χ0n) is 10.0. The molecular weight excluding hydrogens is 248 g/mol. The lowest BCUT2D eigenvalue weighted by Crippen LogP contribution is -2.22. The second-order valence-electron chi connectivity index (χ2n) is 5.09. The summed E-state index contributed by atoms with van der Waals surface area (Å²) in [5, 5.41) is 4.13. The first-order valence-corrected chi connectivity index (χ1v) is 7.77. The van der Waals surface area contributed by atoms with Gasteiger partial charge in [-0.1, -0.05) is 18.2 Å². The monoisotopic (exact) mass is 264 g/mol. The lowest BCUT2D eigenvalue weighted by molar-refractivity contribution is 0.579. The van der Waals surface area contributed by atoms with E-state index in [0.717, 1.165) is 24.5 Å². The summed E-state index contributed by atoms with van der Waals surface area (Å²) in [5.41, 5.74) is 1.03. The van der Waals surface area contributed by atoms with Gasteiger partial charge in [0.05, 0.1) is 4.90 Å². The summed E-state index contributed by atoms with van der Waals surface area (Å²) < 4.78 is 24.0. The molecule has 1 aromatic carbocycles. The molecule has 5 heteroatoms. The summed E-state index contributed by atoms with van der Waals surface area (Å²) in [5.74, 6) is 1.24. The molecule has 0 saturated heterocycles. The van der Waals surface area contributed by atoms with Crippen molar-refractivity contribution in [2.45, 2.75) is 30.6 Å². The second kappa shape index (κ2) is 4.39. The summed E-state index contributed by atoms with van der Waals surface area (Å²) in [6.07, 6.45) is 4.58. The highest BCUT2D eigenvalue weighted by Gasteiger charge is 2.36. The van der Waals surface area contributed by atoms with Crippen molar-refractivity contribution < 1.29 is 8.42 Å². The zero-order chi connectivity index (χ0) is 12.6. The van der Waals surface area contributed by atoms with E-state index in [1.165, 1.54) is 12.8 Å². The number of hydrogen-bond acceptors (Lipinski definition) is 3. The summed E-state index contributed by atoms with van der Waals surface area (Å²) in [6, 6.07) is 8.35. The van der Waals surface area contributed by atoms with Crippen molar-refractivity contribution in [2.24, 2.45) is 16.9 Å². The van der Waals surface area contributed by atoms with Crippen molar-refractivity contribution in [3.8, 4) is 0 Å². The molecule has 1 aromatic rings. The molecular formula is C13H16N2O2S. The Bertz CT molecular complexity index is 566. The smallest absolute Gasteiger partial charge is 0.200 e. The van der Waals surface area contributed by atoms with E-state index in [1.54, 1.807) is 30.3 Å². The summed E-state index contributed by atoms with van der Waals surface area (Å²) in [7, 11) is -3.50. The average molecular weight is 264 g/mol. The minimum atomic E-state index is -3.50. The first kappa shape index (κ1) is 11.7. The van der Waals surface area contributed by atoms with Crippen molar-refractivity contribution in [1.82, 2.24) is 4.83 Å². The Hall–Kier alpha value is -1.36. The Kier molecular flexibility index (Phi) is 2.86. The molecule has 2 atom stereocenters. The van der Waals surface area contributed by atoms with Gasteiger partial charge in [-0.25, -0.2) is 4.83 Å². The first-order chi connectivity index (χ1) is 8.65. The fraction of sp³-hybridized carbons (Fsp3) is 0.462. The number of rotatable bonds is 3. The number of nitrogens with zero attached hydrogens (tertiary/aromatic N) is 1. The minimum absolute atomic E-state index is 0.262. The maximum Gasteiger partial charge on any atom is 0.276 e. The topological polar surface area (TPSA) is 58.5 Å². The lowest BCUT2D eigenvalue weighted by Gasteiger charge is -2.12. The van der Waals surface area contributed by atoms with E-state index >= 15 is 0 Å². The first-order valence-electron chi connectivity index (χ1n) is 6.28. The fourth-order valence-corrected chi connectivity index (χ4v) is 3.79. The van der Waals surface area contributed by atoms with Gasteiger partial charge < -0.3 is 0 Å². The molecule has 96 valence electrons. The van der Waals surface area contributed by atoms with Crippen LogP contribution in [0, 0.1) is 11.8 Å². The Morgan fingerprint density at radius 1 is 1.17 bits per heavy atom. The number of sulfonamides is 1. The van der Waals surface area contributed by atoms with E-state index in [9.17, 15) is 8.42 Å². The molecule has 18 heavy (non-hydrogen) atoms. The Balaban J connectivity index is 1.76. The van der Waals surface area contributed by atoms with Crippen LogP contribution in [-0.2, 0) is 10.0 Å². The van der Waals surface area contributed by atoms with Gasteiger partial charge in [0.1, 0.15) is 0 Å². The maximum absolute atomic E-state index is 12.0. The number of benzene rings is 1. The summed E-state index contributed by atoms with van der Waals surface area (Å²) in [4.78, 5) is 2.62. The molecule has 3 rings (SSSR count). The quantitative estimate of drug-likeness (QED) is 0.850. The van der Waals surface area contributed by atoms with Gasteiger partial charge in [0, 0.05) is 5.71 Å². The molecule has 0 spiro atoms. The van der Waals surface area contributed by atoms with E-state index in [-0.39, 0.29) is 4.90 Å². The van der Waals surface area contributed by atoms with Gasteiger partial charge in [0.15, 0.2) is 0 Å². The Morgan fingerprint density at radius 2 is 1.94 bits per heavy atom. The van der Waals surface area contributed by atoms with Gasteiger partial charge in [-0.2, -0.15) is 13.5 Å².